The minimum Gasteiger partial charge on any atom is -0.295 e. The van der Waals surface area contributed by atoms with Crippen LogP contribution in [-0.4, -0.2) is 5.78 Å². The highest BCUT2D eigenvalue weighted by atomic mass is 16.1. The van der Waals surface area contributed by atoms with Gasteiger partial charge in [0.1, 0.15) is 0 Å². The molecule has 0 bridgehead atoms. The first kappa shape index (κ1) is 10.2. The van der Waals surface area contributed by atoms with Crippen molar-refractivity contribution in [1.82, 2.24) is 0 Å². The molecule has 0 atom stereocenters. The molecule has 0 unspecified atom stereocenters. The fraction of sp³-hybridized carbons (Fsp3) is 0.500. The summed E-state index contributed by atoms with van der Waals surface area (Å²) in [6, 6.07) is 0. The van der Waals surface area contributed by atoms with Crippen molar-refractivity contribution in [3.8, 4) is 0 Å². The quantitative estimate of drug-likeness (QED) is 0.449. The third-order valence-electron chi connectivity index (χ3n) is 1.53. The molecule has 0 N–H and O–H groups in total. The Kier molecular flexibility index (Phi) is 4.51. The first-order valence-electron chi connectivity index (χ1n) is 3.92. The molecule has 0 aromatic heterocycles. The van der Waals surface area contributed by atoms with Gasteiger partial charge in [0.25, 0.3) is 0 Å². The summed E-state index contributed by atoms with van der Waals surface area (Å²) in [6.07, 6.45) is 5.46. The van der Waals surface area contributed by atoms with Gasteiger partial charge in [-0.15, -0.1) is 0 Å². The molecule has 0 spiro atoms. The van der Waals surface area contributed by atoms with E-state index in [-0.39, 0.29) is 11.7 Å². The van der Waals surface area contributed by atoms with Gasteiger partial charge in [-0.05, 0) is 19.9 Å². The predicted octanol–water partition coefficient (Wildman–Crippen LogP) is 2.73. The molecule has 0 radical (unpaired) electrons. The van der Waals surface area contributed by atoms with Crippen molar-refractivity contribution in [3.05, 3.63) is 23.8 Å². The van der Waals surface area contributed by atoms with E-state index >= 15 is 0 Å². The second-order valence-corrected chi connectivity index (χ2v) is 2.92. The second kappa shape index (κ2) is 4.89. The minimum absolute atomic E-state index is 0.107. The Balaban J connectivity index is 4.04. The van der Waals surface area contributed by atoms with Crippen molar-refractivity contribution in [1.29, 1.82) is 0 Å². The lowest BCUT2D eigenvalue weighted by atomic mass is 10.1. The first-order valence-corrected chi connectivity index (χ1v) is 3.92. The molecule has 0 aliphatic heterocycles. The summed E-state index contributed by atoms with van der Waals surface area (Å²) in [7, 11) is 0. The lowest BCUT2D eigenvalue weighted by molar-refractivity contribution is -0.117. The van der Waals surface area contributed by atoms with Crippen LogP contribution in [0.5, 0.6) is 0 Å². The zero-order valence-electron chi connectivity index (χ0n) is 7.72. The van der Waals surface area contributed by atoms with Gasteiger partial charge in [0.15, 0.2) is 5.78 Å². The summed E-state index contributed by atoms with van der Waals surface area (Å²) in [4.78, 5) is 11.0. The normalized spacial score (nSPS) is 13.0. The molecule has 0 heterocycles. The summed E-state index contributed by atoms with van der Waals surface area (Å²) in [5.41, 5.74) is 1.12. The van der Waals surface area contributed by atoms with Gasteiger partial charge in [-0.1, -0.05) is 31.6 Å². The van der Waals surface area contributed by atoms with Crippen LogP contribution in [-0.2, 0) is 4.79 Å². The Labute approximate surface area is 68.8 Å². The number of carbonyl (C=O) groups excluding carboxylic acids is 1. The minimum atomic E-state index is 0.107. The lowest BCUT2D eigenvalue weighted by Crippen LogP contribution is -2.01. The van der Waals surface area contributed by atoms with E-state index in [0.717, 1.165) is 5.57 Å². The number of ketones is 1. The van der Waals surface area contributed by atoms with E-state index in [0.29, 0.717) is 0 Å². The number of rotatable bonds is 3. The molecule has 0 aliphatic rings. The average Bonchev–Trinajstić information content (AvgIpc) is 1.99. The molecule has 0 fully saturated rings. The van der Waals surface area contributed by atoms with Crippen molar-refractivity contribution in [3.63, 3.8) is 0 Å². The van der Waals surface area contributed by atoms with Gasteiger partial charge in [0.05, 0.1) is 0 Å². The highest BCUT2D eigenvalue weighted by Crippen LogP contribution is 1.99. The number of carbonyl (C=O) groups is 1. The van der Waals surface area contributed by atoms with Crippen molar-refractivity contribution in [2.45, 2.75) is 27.7 Å². The summed E-state index contributed by atoms with van der Waals surface area (Å²) in [5.74, 6) is 0.294. The number of hydrogen-bond donors (Lipinski definition) is 0. The molecular weight excluding hydrogens is 136 g/mol. The maximum Gasteiger partial charge on any atom is 0.158 e. The molecular formula is C10H16O. The van der Waals surface area contributed by atoms with Gasteiger partial charge in [0.2, 0.25) is 0 Å². The Morgan fingerprint density at radius 1 is 1.27 bits per heavy atom. The average molecular weight is 152 g/mol. The van der Waals surface area contributed by atoms with Crippen LogP contribution in [0.4, 0.5) is 0 Å². The molecule has 0 aromatic rings. The van der Waals surface area contributed by atoms with Crippen molar-refractivity contribution in [2.75, 3.05) is 0 Å². The van der Waals surface area contributed by atoms with Crippen LogP contribution in [0.1, 0.15) is 27.7 Å². The Morgan fingerprint density at radius 2 is 1.82 bits per heavy atom. The Bertz CT molecular complexity index is 185. The van der Waals surface area contributed by atoms with E-state index in [1.165, 1.54) is 0 Å². The highest BCUT2D eigenvalue weighted by molar-refractivity contribution is 5.91. The van der Waals surface area contributed by atoms with E-state index < -0.39 is 0 Å². The van der Waals surface area contributed by atoms with Crippen LogP contribution in [0.2, 0.25) is 0 Å². The van der Waals surface area contributed by atoms with E-state index in [1.54, 1.807) is 6.08 Å². The monoisotopic (exact) mass is 152 g/mol. The summed E-state index contributed by atoms with van der Waals surface area (Å²) in [5, 5.41) is 0. The van der Waals surface area contributed by atoms with E-state index in [1.807, 2.05) is 39.8 Å². The van der Waals surface area contributed by atoms with Crippen LogP contribution in [0.3, 0.4) is 0 Å². The van der Waals surface area contributed by atoms with Crippen molar-refractivity contribution < 1.29 is 4.79 Å². The summed E-state index contributed by atoms with van der Waals surface area (Å²) < 4.78 is 0. The molecule has 0 aromatic carbocycles. The molecule has 0 saturated heterocycles. The standard InChI is InChI=1S/C10H16O/c1-5-9(4)6-7-10(11)8(2)3/h5-8H,1-4H3/b7-6+,9-5-. The third-order valence-corrected chi connectivity index (χ3v) is 1.53. The fourth-order valence-electron chi connectivity index (χ4n) is 0.502. The lowest BCUT2D eigenvalue weighted by Gasteiger charge is -1.95. The molecule has 0 aliphatic carbocycles. The third kappa shape index (κ3) is 4.54. The molecule has 0 saturated carbocycles. The number of allylic oxidation sites excluding steroid dienone is 4. The molecule has 62 valence electrons. The Morgan fingerprint density at radius 3 is 2.18 bits per heavy atom. The van der Waals surface area contributed by atoms with Gasteiger partial charge < -0.3 is 0 Å². The van der Waals surface area contributed by atoms with Crippen LogP contribution in [0.15, 0.2) is 23.8 Å². The van der Waals surface area contributed by atoms with Crippen molar-refractivity contribution >= 4 is 5.78 Å². The molecule has 1 nitrogen and oxygen atoms in total. The summed E-state index contributed by atoms with van der Waals surface area (Å²) >= 11 is 0. The fourth-order valence-corrected chi connectivity index (χ4v) is 0.502. The van der Waals surface area contributed by atoms with E-state index in [4.69, 9.17) is 0 Å². The first-order chi connectivity index (χ1) is 5.07. The zero-order valence-corrected chi connectivity index (χ0v) is 7.72. The van der Waals surface area contributed by atoms with Gasteiger partial charge in [-0.3, -0.25) is 4.79 Å². The van der Waals surface area contributed by atoms with Crippen LogP contribution >= 0.6 is 0 Å². The van der Waals surface area contributed by atoms with Gasteiger partial charge in [0, 0.05) is 5.92 Å². The van der Waals surface area contributed by atoms with Gasteiger partial charge in [-0.2, -0.15) is 0 Å². The van der Waals surface area contributed by atoms with Crippen LogP contribution in [0.25, 0.3) is 0 Å². The molecule has 0 amide bonds. The maximum absolute atomic E-state index is 11.0. The maximum atomic E-state index is 11.0. The van der Waals surface area contributed by atoms with E-state index in [9.17, 15) is 4.79 Å². The SMILES string of the molecule is C/C=C(C)\C=C\C(=O)C(C)C. The summed E-state index contributed by atoms with van der Waals surface area (Å²) in [6.45, 7) is 7.74. The molecule has 1 heteroatoms. The smallest absolute Gasteiger partial charge is 0.158 e. The zero-order chi connectivity index (χ0) is 8.85. The van der Waals surface area contributed by atoms with Crippen LogP contribution < -0.4 is 0 Å². The second-order valence-electron chi connectivity index (χ2n) is 2.92. The predicted molar refractivity (Wildman–Crippen MR) is 48.4 cm³/mol. The van der Waals surface area contributed by atoms with E-state index in [2.05, 4.69) is 0 Å². The van der Waals surface area contributed by atoms with Gasteiger partial charge in [-0.25, -0.2) is 0 Å². The Hall–Kier alpha value is -0.850. The van der Waals surface area contributed by atoms with Crippen LogP contribution in [0, 0.1) is 5.92 Å². The molecule has 11 heavy (non-hydrogen) atoms. The highest BCUT2D eigenvalue weighted by Gasteiger charge is 2.00. The van der Waals surface area contributed by atoms with Gasteiger partial charge >= 0.3 is 0 Å². The van der Waals surface area contributed by atoms with Crippen molar-refractivity contribution in [2.24, 2.45) is 5.92 Å². The largest absolute Gasteiger partial charge is 0.295 e. The molecule has 0 rings (SSSR count). The number of hydrogen-bond acceptors (Lipinski definition) is 1. The topological polar surface area (TPSA) is 17.1 Å².